The van der Waals surface area contributed by atoms with Crippen LogP contribution in [0.15, 0.2) is 0 Å². The third-order valence-electron chi connectivity index (χ3n) is 2.49. The molecule has 2 rings (SSSR count). The second kappa shape index (κ2) is 3.62. The normalized spacial score (nSPS) is 25.7. The highest BCUT2D eigenvalue weighted by atomic mass is 16.5. The molecule has 1 aromatic heterocycles. The number of carbonyl (C=O) groups is 1. The number of aryl methyl sites for hydroxylation is 2. The molecule has 0 aliphatic carbocycles. The molecule has 0 aromatic carbocycles. The van der Waals surface area contributed by atoms with Crippen LogP contribution in [-0.4, -0.2) is 31.9 Å². The van der Waals surface area contributed by atoms with E-state index in [0.29, 0.717) is 24.5 Å². The molecule has 2 unspecified atom stereocenters. The highest BCUT2D eigenvalue weighted by molar-refractivity contribution is 5.72. The number of carboxylic acids is 1. The Bertz CT molecular complexity index is 388. The van der Waals surface area contributed by atoms with E-state index < -0.39 is 12.1 Å². The van der Waals surface area contributed by atoms with Crippen LogP contribution in [-0.2, 0) is 16.6 Å². The molecule has 15 heavy (non-hydrogen) atoms. The van der Waals surface area contributed by atoms with Crippen LogP contribution >= 0.6 is 0 Å². The second-order valence-electron chi connectivity index (χ2n) is 3.67. The van der Waals surface area contributed by atoms with E-state index in [1.165, 1.54) is 0 Å². The van der Waals surface area contributed by atoms with Crippen LogP contribution in [0.1, 0.15) is 30.6 Å². The quantitative estimate of drug-likeness (QED) is 0.767. The fourth-order valence-electron chi connectivity index (χ4n) is 1.82. The van der Waals surface area contributed by atoms with E-state index >= 15 is 0 Å². The largest absolute Gasteiger partial charge is 0.479 e. The fourth-order valence-corrected chi connectivity index (χ4v) is 1.82. The summed E-state index contributed by atoms with van der Waals surface area (Å²) in [6, 6.07) is 0. The zero-order valence-corrected chi connectivity index (χ0v) is 8.67. The number of carboxylic acid groups (broad SMARTS) is 1. The molecule has 0 spiro atoms. The van der Waals surface area contributed by atoms with Crippen molar-refractivity contribution in [2.75, 3.05) is 0 Å². The van der Waals surface area contributed by atoms with Gasteiger partial charge in [-0.25, -0.2) is 9.78 Å². The first-order chi connectivity index (χ1) is 7.08. The first-order valence-corrected chi connectivity index (χ1v) is 4.83. The SMILES string of the molecule is Cc1nc(C2CCC(C(=O)O)O2)n(C)n1. The van der Waals surface area contributed by atoms with Crippen LogP contribution in [0.4, 0.5) is 0 Å². The molecular weight excluding hydrogens is 198 g/mol. The maximum Gasteiger partial charge on any atom is 0.332 e. The molecular formula is C9H13N3O3. The van der Waals surface area contributed by atoms with Crippen LogP contribution in [0.3, 0.4) is 0 Å². The molecule has 1 aliphatic heterocycles. The topological polar surface area (TPSA) is 77.2 Å². The van der Waals surface area contributed by atoms with E-state index in [1.807, 2.05) is 0 Å². The van der Waals surface area contributed by atoms with Crippen LogP contribution in [0.5, 0.6) is 0 Å². The molecule has 1 N–H and O–H groups in total. The summed E-state index contributed by atoms with van der Waals surface area (Å²) in [4.78, 5) is 14.9. The van der Waals surface area contributed by atoms with E-state index in [-0.39, 0.29) is 6.10 Å². The molecule has 1 aliphatic rings. The predicted octanol–water partition coefficient (Wildman–Crippen LogP) is 0.428. The monoisotopic (exact) mass is 211 g/mol. The second-order valence-corrected chi connectivity index (χ2v) is 3.67. The van der Waals surface area contributed by atoms with Gasteiger partial charge in [0.2, 0.25) is 0 Å². The van der Waals surface area contributed by atoms with Gasteiger partial charge in [-0.05, 0) is 19.8 Å². The van der Waals surface area contributed by atoms with Gasteiger partial charge in [0.15, 0.2) is 11.9 Å². The van der Waals surface area contributed by atoms with Gasteiger partial charge in [-0.2, -0.15) is 5.10 Å². The van der Waals surface area contributed by atoms with Crippen LogP contribution in [0.2, 0.25) is 0 Å². The third-order valence-corrected chi connectivity index (χ3v) is 2.49. The molecule has 0 radical (unpaired) electrons. The van der Waals surface area contributed by atoms with Crippen molar-refractivity contribution >= 4 is 5.97 Å². The molecule has 2 heterocycles. The number of ether oxygens (including phenoxy) is 1. The van der Waals surface area contributed by atoms with Gasteiger partial charge in [-0.1, -0.05) is 0 Å². The minimum atomic E-state index is -0.906. The van der Waals surface area contributed by atoms with Crippen molar-refractivity contribution in [3.63, 3.8) is 0 Å². The van der Waals surface area contributed by atoms with Gasteiger partial charge in [0.25, 0.3) is 0 Å². The number of aromatic nitrogens is 3. The predicted molar refractivity (Wildman–Crippen MR) is 50.2 cm³/mol. The van der Waals surface area contributed by atoms with Crippen molar-refractivity contribution in [2.24, 2.45) is 7.05 Å². The third kappa shape index (κ3) is 1.85. The average molecular weight is 211 g/mol. The van der Waals surface area contributed by atoms with Gasteiger partial charge in [0.05, 0.1) is 0 Å². The fraction of sp³-hybridized carbons (Fsp3) is 0.667. The molecule has 0 saturated carbocycles. The average Bonchev–Trinajstić information content (AvgIpc) is 2.71. The zero-order valence-electron chi connectivity index (χ0n) is 8.67. The Morgan fingerprint density at radius 2 is 2.33 bits per heavy atom. The van der Waals surface area contributed by atoms with Gasteiger partial charge in [0, 0.05) is 7.05 Å². The van der Waals surface area contributed by atoms with E-state index in [2.05, 4.69) is 10.1 Å². The first-order valence-electron chi connectivity index (χ1n) is 4.83. The first kappa shape index (κ1) is 10.1. The number of hydrogen-bond donors (Lipinski definition) is 1. The van der Waals surface area contributed by atoms with E-state index in [4.69, 9.17) is 9.84 Å². The lowest BCUT2D eigenvalue weighted by molar-refractivity contribution is -0.149. The molecule has 2 atom stereocenters. The smallest absolute Gasteiger partial charge is 0.332 e. The van der Waals surface area contributed by atoms with Crippen molar-refractivity contribution in [1.82, 2.24) is 14.8 Å². The Labute approximate surface area is 86.9 Å². The molecule has 82 valence electrons. The lowest BCUT2D eigenvalue weighted by Gasteiger charge is -2.09. The summed E-state index contributed by atoms with van der Waals surface area (Å²) in [6.07, 6.45) is 0.277. The molecule has 1 fully saturated rings. The van der Waals surface area contributed by atoms with Crippen molar-refractivity contribution in [2.45, 2.75) is 32.0 Å². The van der Waals surface area contributed by atoms with Crippen LogP contribution in [0.25, 0.3) is 0 Å². The minimum Gasteiger partial charge on any atom is -0.479 e. The van der Waals surface area contributed by atoms with Crippen molar-refractivity contribution in [3.05, 3.63) is 11.6 Å². The van der Waals surface area contributed by atoms with Crippen molar-refractivity contribution < 1.29 is 14.6 Å². The molecule has 0 amide bonds. The lowest BCUT2D eigenvalue weighted by atomic mass is 10.2. The Balaban J connectivity index is 2.14. The van der Waals surface area contributed by atoms with Crippen molar-refractivity contribution in [3.8, 4) is 0 Å². The molecule has 1 saturated heterocycles. The molecule has 0 bridgehead atoms. The number of nitrogens with zero attached hydrogens (tertiary/aromatic N) is 3. The summed E-state index contributed by atoms with van der Waals surface area (Å²) in [5.74, 6) is 0.475. The molecule has 1 aromatic rings. The Hall–Kier alpha value is -1.43. The number of hydrogen-bond acceptors (Lipinski definition) is 4. The number of rotatable bonds is 2. The summed E-state index contributed by atoms with van der Waals surface area (Å²) in [7, 11) is 1.78. The summed E-state index contributed by atoms with van der Waals surface area (Å²) in [5, 5.41) is 12.9. The van der Waals surface area contributed by atoms with Crippen LogP contribution < -0.4 is 0 Å². The zero-order chi connectivity index (χ0) is 11.0. The Morgan fingerprint density at radius 3 is 2.80 bits per heavy atom. The van der Waals surface area contributed by atoms with Gasteiger partial charge >= 0.3 is 5.97 Å². The van der Waals surface area contributed by atoms with Gasteiger partial charge in [0.1, 0.15) is 11.9 Å². The van der Waals surface area contributed by atoms with Crippen LogP contribution in [0, 0.1) is 6.92 Å². The summed E-state index contributed by atoms with van der Waals surface area (Å²) in [5.41, 5.74) is 0. The maximum absolute atomic E-state index is 10.7. The highest BCUT2D eigenvalue weighted by Gasteiger charge is 2.33. The molecule has 6 heteroatoms. The van der Waals surface area contributed by atoms with Gasteiger partial charge in [-0.15, -0.1) is 0 Å². The number of aliphatic carboxylic acids is 1. The minimum absolute atomic E-state index is 0.239. The van der Waals surface area contributed by atoms with Gasteiger partial charge in [-0.3, -0.25) is 4.68 Å². The summed E-state index contributed by atoms with van der Waals surface area (Å²) in [6.45, 7) is 1.80. The van der Waals surface area contributed by atoms with E-state index in [9.17, 15) is 4.79 Å². The van der Waals surface area contributed by atoms with E-state index in [1.54, 1.807) is 18.7 Å². The summed E-state index contributed by atoms with van der Waals surface area (Å²) >= 11 is 0. The maximum atomic E-state index is 10.7. The summed E-state index contributed by atoms with van der Waals surface area (Å²) < 4.78 is 7.02. The standard InChI is InChI=1S/C9H13N3O3/c1-5-10-8(12(2)11-5)6-3-4-7(15-6)9(13)14/h6-7H,3-4H2,1-2H3,(H,13,14). The highest BCUT2D eigenvalue weighted by Crippen LogP contribution is 2.31. The Kier molecular flexibility index (Phi) is 2.44. The lowest BCUT2D eigenvalue weighted by Crippen LogP contribution is -2.19. The van der Waals surface area contributed by atoms with Crippen molar-refractivity contribution in [1.29, 1.82) is 0 Å². The molecule has 6 nitrogen and oxygen atoms in total. The Morgan fingerprint density at radius 1 is 1.60 bits per heavy atom. The van der Waals surface area contributed by atoms with Gasteiger partial charge < -0.3 is 9.84 Å². The van der Waals surface area contributed by atoms with E-state index in [0.717, 1.165) is 0 Å².